The summed E-state index contributed by atoms with van der Waals surface area (Å²) in [6.45, 7) is 3.85. The molecule has 188 valence electrons. The second kappa shape index (κ2) is 11.5. The van der Waals surface area contributed by atoms with Crippen molar-refractivity contribution in [1.82, 2.24) is 0 Å². The highest BCUT2D eigenvalue weighted by Gasteiger charge is 2.39. The molecule has 4 rings (SSSR count). The average Bonchev–Trinajstić information content (AvgIpc) is 2.92. The van der Waals surface area contributed by atoms with Gasteiger partial charge in [-0.2, -0.15) is 0 Å². The van der Waals surface area contributed by atoms with E-state index in [0.29, 0.717) is 22.3 Å². The van der Waals surface area contributed by atoms with Crippen molar-refractivity contribution in [3.05, 3.63) is 143 Å². The number of carbonyl (C=O) groups is 2. The van der Waals surface area contributed by atoms with Gasteiger partial charge in [-0.1, -0.05) is 120 Å². The van der Waals surface area contributed by atoms with Gasteiger partial charge in [0.2, 0.25) is 0 Å². The highest BCUT2D eigenvalue weighted by Crippen LogP contribution is 2.40. The van der Waals surface area contributed by atoms with Crippen LogP contribution in [0.25, 0.3) is 0 Å². The average molecular weight is 511 g/mol. The number of sulfone groups is 1. The third kappa shape index (κ3) is 6.30. The van der Waals surface area contributed by atoms with Crippen molar-refractivity contribution in [2.24, 2.45) is 0 Å². The van der Waals surface area contributed by atoms with Gasteiger partial charge in [-0.15, -0.1) is 0 Å². The van der Waals surface area contributed by atoms with Crippen LogP contribution in [0.2, 0.25) is 0 Å². The Hall–Kier alpha value is -3.83. The van der Waals surface area contributed by atoms with Crippen LogP contribution in [0.1, 0.15) is 66.3 Å². The van der Waals surface area contributed by atoms with Crippen molar-refractivity contribution in [2.75, 3.05) is 0 Å². The van der Waals surface area contributed by atoms with Crippen LogP contribution in [0.3, 0.4) is 0 Å². The minimum Gasteiger partial charge on any atom is -0.294 e. The molecule has 0 fully saturated rings. The summed E-state index contributed by atoms with van der Waals surface area (Å²) >= 11 is 0. The molecule has 0 radical (unpaired) electrons. The van der Waals surface area contributed by atoms with Gasteiger partial charge in [-0.05, 0) is 25.0 Å². The molecule has 0 aliphatic heterocycles. The minimum absolute atomic E-state index is 0.211. The maximum Gasteiger partial charge on any atom is 0.165 e. The number of ketones is 2. The Kier molecular flexibility index (Phi) is 8.14. The van der Waals surface area contributed by atoms with Gasteiger partial charge in [0.05, 0.1) is 10.5 Å². The van der Waals surface area contributed by atoms with Gasteiger partial charge in [0.1, 0.15) is 0 Å². The first kappa shape index (κ1) is 26.2. The molecule has 4 aromatic carbocycles. The van der Waals surface area contributed by atoms with Gasteiger partial charge in [-0.25, -0.2) is 8.42 Å². The van der Waals surface area contributed by atoms with E-state index in [0.717, 1.165) is 11.1 Å². The summed E-state index contributed by atoms with van der Waals surface area (Å²) in [5, 5.41) is -2.20. The van der Waals surface area contributed by atoms with Crippen LogP contribution in [0.5, 0.6) is 0 Å². The highest BCUT2D eigenvalue weighted by atomic mass is 32.2. The zero-order chi connectivity index (χ0) is 26.4. The molecular weight excluding hydrogens is 480 g/mol. The fourth-order valence-corrected chi connectivity index (χ4v) is 6.67. The van der Waals surface area contributed by atoms with Crippen LogP contribution >= 0.6 is 0 Å². The predicted octanol–water partition coefficient (Wildman–Crippen LogP) is 7.05. The Bertz CT molecular complexity index is 1350. The SMILES string of the molecule is Cc1ccc(C(CC(=O)c2ccccc2)S(=O)(=O)C(CC(=O)c2ccccc2)c2ccc(C)cc2)cc1. The van der Waals surface area contributed by atoms with Gasteiger partial charge in [0.25, 0.3) is 0 Å². The lowest BCUT2D eigenvalue weighted by molar-refractivity contribution is 0.0976. The van der Waals surface area contributed by atoms with E-state index in [2.05, 4.69) is 0 Å². The van der Waals surface area contributed by atoms with Crippen molar-refractivity contribution < 1.29 is 18.0 Å². The summed E-state index contributed by atoms with van der Waals surface area (Å²) in [6, 6.07) is 31.9. The molecule has 5 heteroatoms. The van der Waals surface area contributed by atoms with Gasteiger partial charge >= 0.3 is 0 Å². The first-order valence-electron chi connectivity index (χ1n) is 12.3. The Labute approximate surface area is 218 Å². The summed E-state index contributed by atoms with van der Waals surface area (Å²) in [6.07, 6.45) is -0.422. The molecule has 2 unspecified atom stereocenters. The molecule has 0 amide bonds. The normalized spacial score (nSPS) is 13.0. The monoisotopic (exact) mass is 510 g/mol. The van der Waals surface area contributed by atoms with Crippen LogP contribution in [-0.2, 0) is 9.84 Å². The summed E-state index contributed by atoms with van der Waals surface area (Å²) in [7, 11) is -4.04. The summed E-state index contributed by atoms with van der Waals surface area (Å²) in [4.78, 5) is 26.5. The number of hydrogen-bond donors (Lipinski definition) is 0. The van der Waals surface area contributed by atoms with Gasteiger partial charge in [0, 0.05) is 24.0 Å². The van der Waals surface area contributed by atoms with Crippen LogP contribution in [-0.4, -0.2) is 20.0 Å². The van der Waals surface area contributed by atoms with Crippen LogP contribution in [0.15, 0.2) is 109 Å². The molecule has 0 saturated heterocycles. The van der Waals surface area contributed by atoms with Crippen molar-refractivity contribution in [3.8, 4) is 0 Å². The Morgan fingerprint density at radius 1 is 0.541 bits per heavy atom. The molecule has 0 aliphatic carbocycles. The molecule has 0 heterocycles. The summed E-state index contributed by atoms with van der Waals surface area (Å²) in [5.41, 5.74) is 3.98. The quantitative estimate of drug-likeness (QED) is 0.214. The van der Waals surface area contributed by atoms with Gasteiger partial charge < -0.3 is 0 Å². The maximum absolute atomic E-state index is 14.4. The first-order valence-corrected chi connectivity index (χ1v) is 13.9. The molecule has 4 nitrogen and oxygen atoms in total. The molecule has 2 atom stereocenters. The fourth-order valence-electron chi connectivity index (χ4n) is 4.43. The standard InChI is InChI=1S/C32H30O4S/c1-23-13-17-27(18-14-23)31(21-29(33)25-9-5-3-6-10-25)37(35,36)32(28-19-15-24(2)16-20-28)22-30(34)26-11-7-4-8-12-26/h3-20,31-32H,21-22H2,1-2H3. The van der Waals surface area contributed by atoms with Crippen LogP contribution < -0.4 is 0 Å². The topological polar surface area (TPSA) is 68.3 Å². The predicted molar refractivity (Wildman–Crippen MR) is 148 cm³/mol. The number of benzene rings is 4. The molecular formula is C32H30O4S. The summed E-state index contributed by atoms with van der Waals surface area (Å²) in [5.74, 6) is -0.515. The highest BCUT2D eigenvalue weighted by molar-refractivity contribution is 7.92. The third-order valence-corrected chi connectivity index (χ3v) is 9.09. The molecule has 0 aliphatic rings. The summed E-state index contributed by atoms with van der Waals surface area (Å²) < 4.78 is 28.9. The number of carbonyl (C=O) groups excluding carboxylic acids is 2. The maximum atomic E-state index is 14.4. The van der Waals surface area contributed by atoms with Crippen LogP contribution in [0.4, 0.5) is 0 Å². The number of Topliss-reactive ketones (excluding diaryl/α,β-unsaturated/α-hetero) is 2. The molecule has 37 heavy (non-hydrogen) atoms. The van der Waals surface area contributed by atoms with Gasteiger partial charge in [0.15, 0.2) is 21.4 Å². The van der Waals surface area contributed by atoms with Crippen molar-refractivity contribution in [2.45, 2.75) is 37.2 Å². The molecule has 0 aromatic heterocycles. The van der Waals surface area contributed by atoms with E-state index >= 15 is 0 Å². The lowest BCUT2D eigenvalue weighted by atomic mass is 10.0. The second-order valence-corrected chi connectivity index (χ2v) is 11.7. The van der Waals surface area contributed by atoms with E-state index in [1.807, 2.05) is 50.2 Å². The van der Waals surface area contributed by atoms with Gasteiger partial charge in [-0.3, -0.25) is 9.59 Å². The Balaban J connectivity index is 1.79. The van der Waals surface area contributed by atoms with E-state index in [1.54, 1.807) is 72.8 Å². The van der Waals surface area contributed by atoms with E-state index < -0.39 is 20.3 Å². The Morgan fingerprint density at radius 2 is 0.865 bits per heavy atom. The van der Waals surface area contributed by atoms with Crippen molar-refractivity contribution >= 4 is 21.4 Å². The lowest BCUT2D eigenvalue weighted by Crippen LogP contribution is -2.25. The molecule has 0 saturated carbocycles. The smallest absolute Gasteiger partial charge is 0.165 e. The molecule has 0 bridgehead atoms. The number of aryl methyl sites for hydroxylation is 2. The van der Waals surface area contributed by atoms with Crippen LogP contribution in [0, 0.1) is 13.8 Å². The molecule has 0 N–H and O–H groups in total. The largest absolute Gasteiger partial charge is 0.294 e. The van der Waals surface area contributed by atoms with E-state index in [1.165, 1.54) is 0 Å². The number of rotatable bonds is 10. The molecule has 4 aromatic rings. The fraction of sp³-hybridized carbons (Fsp3) is 0.188. The van der Waals surface area contributed by atoms with E-state index in [9.17, 15) is 18.0 Å². The third-order valence-electron chi connectivity index (χ3n) is 6.62. The Morgan fingerprint density at radius 3 is 1.19 bits per heavy atom. The lowest BCUT2D eigenvalue weighted by Gasteiger charge is -2.25. The van der Waals surface area contributed by atoms with E-state index in [-0.39, 0.29) is 24.4 Å². The molecule has 0 spiro atoms. The zero-order valence-electron chi connectivity index (χ0n) is 21.0. The minimum atomic E-state index is -4.04. The van der Waals surface area contributed by atoms with E-state index in [4.69, 9.17) is 0 Å². The zero-order valence-corrected chi connectivity index (χ0v) is 21.8. The van der Waals surface area contributed by atoms with Crippen molar-refractivity contribution in [1.29, 1.82) is 0 Å². The number of hydrogen-bond acceptors (Lipinski definition) is 4. The van der Waals surface area contributed by atoms with Crippen molar-refractivity contribution in [3.63, 3.8) is 0 Å². The first-order chi connectivity index (χ1) is 17.8. The second-order valence-electron chi connectivity index (χ2n) is 9.37.